The molecule has 0 bridgehead atoms. The van der Waals surface area contributed by atoms with Crippen molar-refractivity contribution in [2.45, 2.75) is 39.1 Å². The first-order valence-electron chi connectivity index (χ1n) is 10.3. The zero-order valence-corrected chi connectivity index (χ0v) is 20.1. The summed E-state index contributed by atoms with van der Waals surface area (Å²) in [5, 5.41) is 3.63. The van der Waals surface area contributed by atoms with E-state index in [0.717, 1.165) is 16.9 Å². The first-order chi connectivity index (χ1) is 14.8. The second kappa shape index (κ2) is 12.6. The summed E-state index contributed by atoms with van der Waals surface area (Å²) in [5.41, 5.74) is 2.02. The number of carbonyl (C=O) groups is 2. The molecule has 0 heterocycles. The first-order valence-corrected chi connectivity index (χ1v) is 11.9. The zero-order valence-electron chi connectivity index (χ0n) is 18.6. The highest BCUT2D eigenvalue weighted by Crippen LogP contribution is 2.19. The predicted molar refractivity (Wildman–Crippen MR) is 128 cm³/mol. The Balaban J connectivity index is 2.07. The molecule has 2 aromatic rings. The number of carbonyl (C=O) groups excluding carboxylic acids is 2. The molecule has 0 aliphatic rings. The Morgan fingerprint density at radius 3 is 2.45 bits per heavy atom. The summed E-state index contributed by atoms with van der Waals surface area (Å²) < 4.78 is 5.30. The maximum Gasteiger partial charge on any atom is 0.242 e. The molecule has 7 heteroatoms. The van der Waals surface area contributed by atoms with Gasteiger partial charge in [0.05, 0.1) is 12.9 Å². The fourth-order valence-corrected chi connectivity index (χ4v) is 3.92. The second-order valence-electron chi connectivity index (χ2n) is 7.81. The van der Waals surface area contributed by atoms with E-state index >= 15 is 0 Å². The van der Waals surface area contributed by atoms with Gasteiger partial charge in [0.15, 0.2) is 0 Å². The van der Waals surface area contributed by atoms with Crippen LogP contribution in [0.15, 0.2) is 48.5 Å². The van der Waals surface area contributed by atoms with E-state index in [2.05, 4.69) is 5.32 Å². The Bertz CT molecular complexity index is 858. The number of thioether (sulfide) groups is 1. The number of nitrogens with one attached hydrogen (secondary N) is 1. The van der Waals surface area contributed by atoms with Crippen LogP contribution in [0.5, 0.6) is 5.75 Å². The van der Waals surface area contributed by atoms with Crippen LogP contribution in [0.2, 0.25) is 5.02 Å². The summed E-state index contributed by atoms with van der Waals surface area (Å²) in [7, 11) is 1.61. The minimum Gasteiger partial charge on any atom is -0.497 e. The Kier molecular flexibility index (Phi) is 10.2. The van der Waals surface area contributed by atoms with Crippen molar-refractivity contribution in [3.8, 4) is 5.75 Å². The topological polar surface area (TPSA) is 58.6 Å². The molecule has 168 valence electrons. The Hall–Kier alpha value is -2.18. The third-order valence-electron chi connectivity index (χ3n) is 4.75. The van der Waals surface area contributed by atoms with Crippen LogP contribution in [0, 0.1) is 5.92 Å². The molecule has 31 heavy (non-hydrogen) atoms. The number of methoxy groups -OCH3 is 1. The van der Waals surface area contributed by atoms with Gasteiger partial charge in [-0.25, -0.2) is 0 Å². The number of hydrogen-bond donors (Lipinski definition) is 1. The number of nitrogens with zero attached hydrogens (tertiary/aromatic N) is 1. The van der Waals surface area contributed by atoms with Crippen molar-refractivity contribution in [1.29, 1.82) is 0 Å². The molecule has 0 unspecified atom stereocenters. The SMILES string of the molecule is COc1cccc(CN(C(=O)CSCc2ccc(Cl)cc2)[C@H](C)C(=O)NCC(C)C)c1. The summed E-state index contributed by atoms with van der Waals surface area (Å²) in [6, 6.07) is 14.6. The average Bonchev–Trinajstić information content (AvgIpc) is 2.76. The van der Waals surface area contributed by atoms with Gasteiger partial charge in [-0.2, -0.15) is 0 Å². The van der Waals surface area contributed by atoms with Gasteiger partial charge in [0.2, 0.25) is 11.8 Å². The molecular weight excluding hydrogens is 432 g/mol. The largest absolute Gasteiger partial charge is 0.497 e. The van der Waals surface area contributed by atoms with Gasteiger partial charge in [0, 0.05) is 23.9 Å². The highest BCUT2D eigenvalue weighted by atomic mass is 35.5. The number of amides is 2. The molecule has 2 amide bonds. The number of ether oxygens (including phenoxy) is 1. The van der Waals surface area contributed by atoms with Crippen LogP contribution in [-0.4, -0.2) is 42.2 Å². The van der Waals surface area contributed by atoms with Gasteiger partial charge >= 0.3 is 0 Å². The monoisotopic (exact) mass is 462 g/mol. The van der Waals surface area contributed by atoms with Crippen LogP contribution < -0.4 is 10.1 Å². The van der Waals surface area contributed by atoms with Crippen LogP contribution in [-0.2, 0) is 21.9 Å². The van der Waals surface area contributed by atoms with Crippen molar-refractivity contribution >= 4 is 35.2 Å². The summed E-state index contributed by atoms with van der Waals surface area (Å²) in [5.74, 6) is 1.83. The van der Waals surface area contributed by atoms with E-state index in [1.165, 1.54) is 11.8 Å². The second-order valence-corrected chi connectivity index (χ2v) is 9.23. The number of halogens is 1. The summed E-state index contributed by atoms with van der Waals surface area (Å²) >= 11 is 7.46. The van der Waals surface area contributed by atoms with E-state index in [1.807, 2.05) is 62.4 Å². The molecule has 0 fully saturated rings. The molecule has 0 radical (unpaired) electrons. The van der Waals surface area contributed by atoms with E-state index in [-0.39, 0.29) is 17.6 Å². The molecule has 0 aliphatic carbocycles. The number of benzene rings is 2. The van der Waals surface area contributed by atoms with E-state index in [4.69, 9.17) is 16.3 Å². The highest BCUT2D eigenvalue weighted by Gasteiger charge is 2.26. The molecule has 0 saturated carbocycles. The van der Waals surface area contributed by atoms with Gasteiger partial charge in [-0.1, -0.05) is 49.7 Å². The van der Waals surface area contributed by atoms with Crippen LogP contribution in [0.25, 0.3) is 0 Å². The van der Waals surface area contributed by atoms with Gasteiger partial charge in [0.25, 0.3) is 0 Å². The maximum atomic E-state index is 13.1. The summed E-state index contributed by atoms with van der Waals surface area (Å²) in [4.78, 5) is 27.4. The van der Waals surface area contributed by atoms with Gasteiger partial charge in [-0.3, -0.25) is 9.59 Å². The third kappa shape index (κ3) is 8.46. The molecule has 0 aliphatic heterocycles. The molecule has 5 nitrogen and oxygen atoms in total. The van der Waals surface area contributed by atoms with E-state index in [9.17, 15) is 9.59 Å². The fourth-order valence-electron chi connectivity index (χ4n) is 2.92. The number of hydrogen-bond acceptors (Lipinski definition) is 4. The lowest BCUT2D eigenvalue weighted by molar-refractivity contribution is -0.138. The molecule has 0 saturated heterocycles. The molecule has 0 spiro atoms. The fraction of sp³-hybridized carbons (Fsp3) is 0.417. The lowest BCUT2D eigenvalue weighted by Gasteiger charge is -2.29. The summed E-state index contributed by atoms with van der Waals surface area (Å²) in [6.07, 6.45) is 0. The molecule has 1 N–H and O–H groups in total. The lowest BCUT2D eigenvalue weighted by Crippen LogP contribution is -2.48. The summed E-state index contributed by atoms with van der Waals surface area (Å²) in [6.45, 7) is 6.77. The Morgan fingerprint density at radius 1 is 1.10 bits per heavy atom. The molecule has 1 atom stereocenters. The van der Waals surface area contributed by atoms with Crippen molar-refractivity contribution in [3.63, 3.8) is 0 Å². The van der Waals surface area contributed by atoms with E-state index in [0.29, 0.717) is 29.8 Å². The molecular formula is C24H31ClN2O3S. The van der Waals surface area contributed by atoms with Gasteiger partial charge in [0.1, 0.15) is 11.8 Å². The van der Waals surface area contributed by atoms with Crippen LogP contribution in [0.4, 0.5) is 0 Å². The molecule has 2 rings (SSSR count). The van der Waals surface area contributed by atoms with Crippen molar-refractivity contribution in [2.24, 2.45) is 5.92 Å². The minimum atomic E-state index is -0.575. The van der Waals surface area contributed by atoms with Gasteiger partial charge in [-0.05, 0) is 48.2 Å². The minimum absolute atomic E-state index is 0.0750. The van der Waals surface area contributed by atoms with E-state index < -0.39 is 6.04 Å². The van der Waals surface area contributed by atoms with Crippen molar-refractivity contribution < 1.29 is 14.3 Å². The molecule has 2 aromatic carbocycles. The maximum absolute atomic E-state index is 13.1. The first kappa shape index (κ1) is 25.1. The standard InChI is InChI=1S/C24H31ClN2O3S/c1-17(2)13-26-24(29)18(3)27(14-20-6-5-7-22(12-20)30-4)23(28)16-31-15-19-8-10-21(25)11-9-19/h5-12,17-18H,13-16H2,1-4H3,(H,26,29)/t18-/m1/s1. The lowest BCUT2D eigenvalue weighted by atomic mass is 10.1. The van der Waals surface area contributed by atoms with Gasteiger partial charge < -0.3 is 15.0 Å². The quantitative estimate of drug-likeness (QED) is 0.522. The smallest absolute Gasteiger partial charge is 0.242 e. The van der Waals surface area contributed by atoms with Crippen LogP contribution >= 0.6 is 23.4 Å². The Morgan fingerprint density at radius 2 is 1.81 bits per heavy atom. The van der Waals surface area contributed by atoms with Crippen molar-refractivity contribution in [2.75, 3.05) is 19.4 Å². The third-order valence-corrected chi connectivity index (χ3v) is 5.99. The highest BCUT2D eigenvalue weighted by molar-refractivity contribution is 7.99. The van der Waals surface area contributed by atoms with E-state index in [1.54, 1.807) is 18.9 Å². The van der Waals surface area contributed by atoms with Crippen molar-refractivity contribution in [1.82, 2.24) is 10.2 Å². The Labute approximate surface area is 194 Å². The van der Waals surface area contributed by atoms with Crippen LogP contribution in [0.1, 0.15) is 31.9 Å². The normalized spacial score (nSPS) is 11.8. The molecule has 0 aromatic heterocycles. The zero-order chi connectivity index (χ0) is 22.8. The predicted octanol–water partition coefficient (Wildman–Crippen LogP) is 4.77. The van der Waals surface area contributed by atoms with Crippen molar-refractivity contribution in [3.05, 3.63) is 64.7 Å². The van der Waals surface area contributed by atoms with Gasteiger partial charge in [-0.15, -0.1) is 11.8 Å². The average molecular weight is 463 g/mol. The number of rotatable bonds is 11. The van der Waals surface area contributed by atoms with Crippen LogP contribution in [0.3, 0.4) is 0 Å².